The Hall–Kier alpha value is -1.79. The lowest BCUT2D eigenvalue weighted by atomic mass is 9.83. The molecule has 2 aliphatic carbocycles. The molecule has 1 aliphatic heterocycles. The molecule has 164 valence electrons. The quantitative estimate of drug-likeness (QED) is 0.700. The minimum absolute atomic E-state index is 0.0393. The number of carbonyl (C=O) groups excluding carboxylic acids is 2. The number of carboxylic acids is 1. The standard InChI is InChI=1S/C22H36N2O5/c1-15(2)13-29-21(28)23-18(16-8-4-3-5-9-16)19(25)24-14-22(10-6-7-11-22)12-17(24)20(26)27/h15-18H,3-14H2,1-2H3,(H,23,28)(H,26,27)/t17-,18-/m0/s1. The van der Waals surface area contributed by atoms with E-state index < -0.39 is 24.1 Å². The molecule has 3 aliphatic rings. The Morgan fingerprint density at radius 2 is 1.76 bits per heavy atom. The molecular formula is C22H36N2O5. The van der Waals surface area contributed by atoms with Crippen LogP contribution in [0.15, 0.2) is 0 Å². The first-order chi connectivity index (χ1) is 13.8. The Labute approximate surface area is 173 Å². The fraction of sp³-hybridized carbons (Fsp3) is 0.864. The van der Waals surface area contributed by atoms with Gasteiger partial charge in [0, 0.05) is 6.54 Å². The summed E-state index contributed by atoms with van der Waals surface area (Å²) >= 11 is 0. The Morgan fingerprint density at radius 1 is 1.10 bits per heavy atom. The number of alkyl carbamates (subject to hydrolysis) is 1. The first-order valence-corrected chi connectivity index (χ1v) is 11.3. The third kappa shape index (κ3) is 5.23. The van der Waals surface area contributed by atoms with E-state index in [0.717, 1.165) is 57.8 Å². The largest absolute Gasteiger partial charge is 0.480 e. The Kier molecular flexibility index (Phi) is 7.06. The van der Waals surface area contributed by atoms with E-state index in [1.807, 2.05) is 13.8 Å². The number of nitrogens with one attached hydrogen (secondary N) is 1. The van der Waals surface area contributed by atoms with E-state index in [1.54, 1.807) is 4.90 Å². The molecule has 0 radical (unpaired) electrons. The molecule has 2 atom stereocenters. The van der Waals surface area contributed by atoms with Crippen LogP contribution in [0.3, 0.4) is 0 Å². The molecule has 0 unspecified atom stereocenters. The van der Waals surface area contributed by atoms with Crippen LogP contribution in [-0.2, 0) is 14.3 Å². The van der Waals surface area contributed by atoms with E-state index in [4.69, 9.17) is 4.74 Å². The highest BCUT2D eigenvalue weighted by Crippen LogP contribution is 2.48. The first-order valence-electron chi connectivity index (χ1n) is 11.3. The number of amides is 2. The summed E-state index contributed by atoms with van der Waals surface area (Å²) in [5.41, 5.74) is -0.0615. The fourth-order valence-electron chi connectivity index (χ4n) is 5.43. The Balaban J connectivity index is 1.76. The zero-order valence-corrected chi connectivity index (χ0v) is 17.8. The molecule has 3 fully saturated rings. The molecule has 7 heteroatoms. The van der Waals surface area contributed by atoms with Crippen LogP contribution in [0.2, 0.25) is 0 Å². The second-order valence-corrected chi connectivity index (χ2v) is 9.74. The monoisotopic (exact) mass is 408 g/mol. The molecule has 7 nitrogen and oxygen atoms in total. The van der Waals surface area contributed by atoms with Gasteiger partial charge in [0.05, 0.1) is 6.61 Å². The summed E-state index contributed by atoms with van der Waals surface area (Å²) in [5, 5.41) is 12.6. The molecule has 29 heavy (non-hydrogen) atoms. The first kappa shape index (κ1) is 21.9. The van der Waals surface area contributed by atoms with Crippen molar-refractivity contribution in [3.63, 3.8) is 0 Å². The number of carbonyl (C=O) groups is 3. The van der Waals surface area contributed by atoms with Gasteiger partial charge in [-0.1, -0.05) is 46.0 Å². The Bertz CT molecular complexity index is 608. The van der Waals surface area contributed by atoms with E-state index in [2.05, 4.69) is 5.32 Å². The molecule has 3 rings (SSSR count). The van der Waals surface area contributed by atoms with E-state index in [9.17, 15) is 19.5 Å². The summed E-state index contributed by atoms with van der Waals surface area (Å²) in [4.78, 5) is 39.4. The summed E-state index contributed by atoms with van der Waals surface area (Å²) in [7, 11) is 0. The molecule has 0 aromatic heterocycles. The maximum atomic E-state index is 13.6. The van der Waals surface area contributed by atoms with E-state index >= 15 is 0 Å². The SMILES string of the molecule is CC(C)COC(=O)N[C@H](C(=O)N1CC2(CCCC2)C[C@H]1C(=O)O)C1CCCCC1. The third-order valence-electron chi connectivity index (χ3n) is 6.95. The number of rotatable bonds is 6. The molecule has 2 N–H and O–H groups in total. The number of aliphatic carboxylic acids is 1. The van der Waals surface area contributed by atoms with Crippen LogP contribution >= 0.6 is 0 Å². The molecule has 0 bridgehead atoms. The van der Waals surface area contributed by atoms with Crippen LogP contribution < -0.4 is 5.32 Å². The van der Waals surface area contributed by atoms with Crippen molar-refractivity contribution in [1.29, 1.82) is 0 Å². The number of hydrogen-bond donors (Lipinski definition) is 2. The molecule has 0 aromatic rings. The lowest BCUT2D eigenvalue weighted by Crippen LogP contribution is -2.55. The van der Waals surface area contributed by atoms with Crippen LogP contribution in [0.25, 0.3) is 0 Å². The van der Waals surface area contributed by atoms with Crippen LogP contribution in [-0.4, -0.2) is 53.2 Å². The van der Waals surface area contributed by atoms with Gasteiger partial charge in [0.25, 0.3) is 0 Å². The fourth-order valence-corrected chi connectivity index (χ4v) is 5.43. The predicted molar refractivity (Wildman–Crippen MR) is 108 cm³/mol. The second-order valence-electron chi connectivity index (χ2n) is 9.74. The normalized spacial score (nSPS) is 25.3. The zero-order chi connectivity index (χ0) is 21.0. The van der Waals surface area contributed by atoms with Gasteiger partial charge in [-0.05, 0) is 49.4 Å². The van der Waals surface area contributed by atoms with Crippen molar-refractivity contribution >= 4 is 18.0 Å². The summed E-state index contributed by atoms with van der Waals surface area (Å²) in [6, 6.07) is -1.49. The molecule has 1 heterocycles. The molecule has 1 saturated heterocycles. The van der Waals surface area contributed by atoms with E-state index in [1.165, 1.54) is 0 Å². The van der Waals surface area contributed by atoms with Gasteiger partial charge in [-0.3, -0.25) is 4.79 Å². The average molecular weight is 409 g/mol. The average Bonchev–Trinajstić information content (AvgIpc) is 3.32. The van der Waals surface area contributed by atoms with Gasteiger partial charge in [0.1, 0.15) is 12.1 Å². The van der Waals surface area contributed by atoms with Crippen molar-refractivity contribution in [2.75, 3.05) is 13.2 Å². The highest BCUT2D eigenvalue weighted by Gasteiger charge is 2.51. The highest BCUT2D eigenvalue weighted by molar-refractivity contribution is 5.90. The summed E-state index contributed by atoms with van der Waals surface area (Å²) < 4.78 is 5.27. The topological polar surface area (TPSA) is 95.9 Å². The second kappa shape index (κ2) is 9.35. The summed E-state index contributed by atoms with van der Waals surface area (Å²) in [6.45, 7) is 4.70. The predicted octanol–water partition coefficient (Wildman–Crippen LogP) is 3.56. The minimum Gasteiger partial charge on any atom is -0.480 e. The van der Waals surface area contributed by atoms with Crippen molar-refractivity contribution in [1.82, 2.24) is 10.2 Å². The van der Waals surface area contributed by atoms with Crippen LogP contribution in [0.1, 0.15) is 78.1 Å². The smallest absolute Gasteiger partial charge is 0.407 e. The van der Waals surface area contributed by atoms with E-state index in [-0.39, 0.29) is 23.2 Å². The van der Waals surface area contributed by atoms with Gasteiger partial charge in [-0.2, -0.15) is 0 Å². The molecule has 1 spiro atoms. The molecular weight excluding hydrogens is 372 g/mol. The van der Waals surface area contributed by atoms with Crippen molar-refractivity contribution in [2.45, 2.75) is 90.1 Å². The number of hydrogen-bond acceptors (Lipinski definition) is 4. The Morgan fingerprint density at radius 3 is 2.34 bits per heavy atom. The number of carboxylic acid groups (broad SMARTS) is 1. The van der Waals surface area contributed by atoms with Gasteiger partial charge >= 0.3 is 12.1 Å². The van der Waals surface area contributed by atoms with Gasteiger partial charge in [0.15, 0.2) is 0 Å². The number of likely N-dealkylation sites (tertiary alicyclic amines) is 1. The number of ether oxygens (including phenoxy) is 1. The van der Waals surface area contributed by atoms with Crippen molar-refractivity contribution in [2.24, 2.45) is 17.3 Å². The maximum absolute atomic E-state index is 13.6. The maximum Gasteiger partial charge on any atom is 0.407 e. The van der Waals surface area contributed by atoms with Gasteiger partial charge < -0.3 is 20.1 Å². The summed E-state index contributed by atoms with van der Waals surface area (Å²) in [6.07, 6.45) is 9.06. The van der Waals surface area contributed by atoms with Gasteiger partial charge in [-0.15, -0.1) is 0 Å². The van der Waals surface area contributed by atoms with Crippen molar-refractivity contribution in [3.05, 3.63) is 0 Å². The lowest BCUT2D eigenvalue weighted by Gasteiger charge is -2.34. The van der Waals surface area contributed by atoms with Gasteiger partial charge in [-0.25, -0.2) is 9.59 Å². The van der Waals surface area contributed by atoms with Crippen LogP contribution in [0, 0.1) is 17.3 Å². The third-order valence-corrected chi connectivity index (χ3v) is 6.95. The minimum atomic E-state index is -0.938. The molecule has 2 saturated carbocycles. The highest BCUT2D eigenvalue weighted by atomic mass is 16.5. The molecule has 0 aromatic carbocycles. The zero-order valence-electron chi connectivity index (χ0n) is 17.8. The van der Waals surface area contributed by atoms with Crippen molar-refractivity contribution < 1.29 is 24.2 Å². The van der Waals surface area contributed by atoms with E-state index in [0.29, 0.717) is 19.6 Å². The number of nitrogens with zero attached hydrogens (tertiary/aromatic N) is 1. The van der Waals surface area contributed by atoms with Crippen molar-refractivity contribution in [3.8, 4) is 0 Å². The lowest BCUT2D eigenvalue weighted by molar-refractivity contribution is -0.149. The van der Waals surface area contributed by atoms with Crippen LogP contribution in [0.5, 0.6) is 0 Å². The molecule has 2 amide bonds. The van der Waals surface area contributed by atoms with Gasteiger partial charge in [0.2, 0.25) is 5.91 Å². The summed E-state index contributed by atoms with van der Waals surface area (Å²) in [5.74, 6) is -0.930. The van der Waals surface area contributed by atoms with Crippen LogP contribution in [0.4, 0.5) is 4.79 Å².